The van der Waals surface area contributed by atoms with Crippen LogP contribution >= 0.6 is 0 Å². The Balaban J connectivity index is 3.45. The van der Waals surface area contributed by atoms with Gasteiger partial charge in [0.15, 0.2) is 11.2 Å². The summed E-state index contributed by atoms with van der Waals surface area (Å²) in [7, 11) is 0. The van der Waals surface area contributed by atoms with E-state index < -0.39 is 29.1 Å². The lowest BCUT2D eigenvalue weighted by molar-refractivity contribution is -0.165. The van der Waals surface area contributed by atoms with Crippen LogP contribution in [0.5, 0.6) is 0 Å². The van der Waals surface area contributed by atoms with Gasteiger partial charge in [-0.1, -0.05) is 32.1 Å². The molecule has 0 saturated heterocycles. The predicted octanol–water partition coefficient (Wildman–Crippen LogP) is 1.50. The molecule has 3 unspecified atom stereocenters. The Morgan fingerprint density at radius 1 is 1.44 bits per heavy atom. The monoisotopic (exact) mass is 252 g/mol. The number of hydrogen-bond donors (Lipinski definition) is 2. The van der Waals surface area contributed by atoms with E-state index in [1.54, 1.807) is 13.0 Å². The maximum atomic E-state index is 11.9. The van der Waals surface area contributed by atoms with Crippen molar-refractivity contribution >= 4 is 17.7 Å². The van der Waals surface area contributed by atoms with Gasteiger partial charge in [0.25, 0.3) is 0 Å². The third-order valence-corrected chi connectivity index (χ3v) is 3.52. The van der Waals surface area contributed by atoms with Gasteiger partial charge in [0.1, 0.15) is 0 Å². The summed E-state index contributed by atoms with van der Waals surface area (Å²) in [5.74, 6) is -5.10. The van der Waals surface area contributed by atoms with Crippen LogP contribution in [-0.4, -0.2) is 27.9 Å². The van der Waals surface area contributed by atoms with Crippen molar-refractivity contribution in [3.05, 3.63) is 24.8 Å². The highest BCUT2D eigenvalue weighted by atomic mass is 16.4. The second kappa shape index (κ2) is 5.16. The molecule has 5 heteroatoms. The number of carbonyl (C=O) groups is 3. The molecule has 1 aliphatic rings. The zero-order valence-corrected chi connectivity index (χ0v) is 10.1. The average molecular weight is 252 g/mol. The summed E-state index contributed by atoms with van der Waals surface area (Å²) in [5, 5.41) is 18.6. The molecule has 3 atom stereocenters. The molecular formula is C13H16O5. The van der Waals surface area contributed by atoms with Crippen molar-refractivity contribution < 1.29 is 24.6 Å². The molecule has 98 valence electrons. The van der Waals surface area contributed by atoms with Gasteiger partial charge < -0.3 is 10.2 Å². The van der Waals surface area contributed by atoms with Crippen molar-refractivity contribution in [1.82, 2.24) is 0 Å². The van der Waals surface area contributed by atoms with E-state index >= 15 is 0 Å². The van der Waals surface area contributed by atoms with E-state index in [1.165, 1.54) is 6.08 Å². The number of aliphatic carboxylic acids is 2. The Morgan fingerprint density at radius 2 is 2.06 bits per heavy atom. The van der Waals surface area contributed by atoms with Crippen LogP contribution < -0.4 is 0 Å². The number of allylic oxidation sites excluding steroid dienone is 2. The summed E-state index contributed by atoms with van der Waals surface area (Å²) in [6.45, 7) is 5.05. The summed E-state index contributed by atoms with van der Waals surface area (Å²) >= 11 is 0. The molecule has 0 spiro atoms. The Labute approximate surface area is 105 Å². The van der Waals surface area contributed by atoms with Crippen LogP contribution in [0.15, 0.2) is 24.8 Å². The van der Waals surface area contributed by atoms with Gasteiger partial charge in [-0.15, -0.1) is 0 Å². The van der Waals surface area contributed by atoms with Gasteiger partial charge in [0, 0.05) is 0 Å². The third kappa shape index (κ3) is 1.96. The first kappa shape index (κ1) is 14.2. The molecule has 1 aliphatic carbocycles. The number of carbonyl (C=O) groups excluding carboxylic acids is 1. The van der Waals surface area contributed by atoms with Gasteiger partial charge in [-0.2, -0.15) is 0 Å². The first-order chi connectivity index (χ1) is 8.41. The van der Waals surface area contributed by atoms with Crippen LogP contribution in [0.25, 0.3) is 0 Å². The summed E-state index contributed by atoms with van der Waals surface area (Å²) in [6, 6.07) is 0. The molecule has 0 radical (unpaired) electrons. The largest absolute Gasteiger partial charge is 0.481 e. The van der Waals surface area contributed by atoms with Crippen molar-refractivity contribution in [3.8, 4) is 0 Å². The first-order valence-electron chi connectivity index (χ1n) is 5.72. The van der Waals surface area contributed by atoms with Gasteiger partial charge in [-0.05, 0) is 18.4 Å². The molecule has 0 saturated carbocycles. The lowest BCUT2D eigenvalue weighted by Crippen LogP contribution is -2.51. The van der Waals surface area contributed by atoms with Gasteiger partial charge in [-0.25, -0.2) is 0 Å². The number of carboxylic acid groups (broad SMARTS) is 2. The Kier molecular flexibility index (Phi) is 4.06. The molecular weight excluding hydrogens is 236 g/mol. The number of hydrogen-bond acceptors (Lipinski definition) is 3. The van der Waals surface area contributed by atoms with Crippen LogP contribution in [0.4, 0.5) is 0 Å². The fourth-order valence-corrected chi connectivity index (χ4v) is 2.55. The third-order valence-electron chi connectivity index (χ3n) is 3.52. The van der Waals surface area contributed by atoms with Crippen LogP contribution in [0.3, 0.4) is 0 Å². The van der Waals surface area contributed by atoms with E-state index in [1.807, 2.05) is 0 Å². The minimum absolute atomic E-state index is 0.368. The number of rotatable bonds is 5. The van der Waals surface area contributed by atoms with Crippen LogP contribution in [0, 0.1) is 17.3 Å². The van der Waals surface area contributed by atoms with Crippen LogP contribution in [-0.2, 0) is 14.4 Å². The fourth-order valence-electron chi connectivity index (χ4n) is 2.55. The molecule has 0 aromatic heterocycles. The summed E-state index contributed by atoms with van der Waals surface area (Å²) in [6.07, 6.45) is 4.62. The highest BCUT2D eigenvalue weighted by Crippen LogP contribution is 2.43. The summed E-state index contributed by atoms with van der Waals surface area (Å²) in [4.78, 5) is 34.7. The average Bonchev–Trinajstić information content (AvgIpc) is 2.35. The summed E-state index contributed by atoms with van der Waals surface area (Å²) in [5.41, 5.74) is -2.02. The van der Waals surface area contributed by atoms with E-state index in [0.717, 1.165) is 6.08 Å². The highest BCUT2D eigenvalue weighted by Gasteiger charge is 2.56. The predicted molar refractivity (Wildman–Crippen MR) is 63.9 cm³/mol. The molecule has 0 fully saturated rings. The van der Waals surface area contributed by atoms with Crippen LogP contribution in [0.1, 0.15) is 19.8 Å². The van der Waals surface area contributed by atoms with E-state index in [9.17, 15) is 24.6 Å². The molecule has 2 N–H and O–H groups in total. The molecule has 0 aromatic rings. The standard InChI is InChI=1S/C13H16O5/c1-3-8-6-5-7-13(12(17)18,9(14)4-2)10(8)11(15)16/h4-5,7-8,10H,2-3,6H2,1H3,(H,15,16)(H,17,18). The maximum absolute atomic E-state index is 11.9. The topological polar surface area (TPSA) is 91.7 Å². The van der Waals surface area contributed by atoms with Gasteiger partial charge in [0.05, 0.1) is 5.92 Å². The normalized spacial score (nSPS) is 30.7. The molecule has 18 heavy (non-hydrogen) atoms. The second-order valence-electron chi connectivity index (χ2n) is 4.36. The Bertz CT molecular complexity index is 423. The Morgan fingerprint density at radius 3 is 2.44 bits per heavy atom. The first-order valence-corrected chi connectivity index (χ1v) is 5.72. The van der Waals surface area contributed by atoms with E-state index in [0.29, 0.717) is 12.8 Å². The zero-order chi connectivity index (χ0) is 13.9. The zero-order valence-electron chi connectivity index (χ0n) is 10.1. The number of ketones is 1. The second-order valence-corrected chi connectivity index (χ2v) is 4.36. The van der Waals surface area contributed by atoms with Crippen molar-refractivity contribution in [2.24, 2.45) is 17.3 Å². The lowest BCUT2D eigenvalue weighted by Gasteiger charge is -2.37. The lowest BCUT2D eigenvalue weighted by atomic mass is 9.62. The highest BCUT2D eigenvalue weighted by molar-refractivity contribution is 6.13. The van der Waals surface area contributed by atoms with Crippen molar-refractivity contribution in [1.29, 1.82) is 0 Å². The quantitative estimate of drug-likeness (QED) is 0.439. The van der Waals surface area contributed by atoms with Gasteiger partial charge in [-0.3, -0.25) is 14.4 Å². The summed E-state index contributed by atoms with van der Waals surface area (Å²) < 4.78 is 0. The minimum Gasteiger partial charge on any atom is -0.481 e. The van der Waals surface area contributed by atoms with E-state index in [2.05, 4.69) is 6.58 Å². The molecule has 0 aromatic carbocycles. The van der Waals surface area contributed by atoms with Crippen molar-refractivity contribution in [2.45, 2.75) is 19.8 Å². The maximum Gasteiger partial charge on any atom is 0.322 e. The van der Waals surface area contributed by atoms with Gasteiger partial charge >= 0.3 is 11.9 Å². The molecule has 0 bridgehead atoms. The Hall–Kier alpha value is -1.91. The van der Waals surface area contributed by atoms with E-state index in [4.69, 9.17) is 0 Å². The fraction of sp³-hybridized carbons (Fsp3) is 0.462. The van der Waals surface area contributed by atoms with E-state index in [-0.39, 0.29) is 5.92 Å². The number of carboxylic acids is 2. The van der Waals surface area contributed by atoms with Crippen LogP contribution in [0.2, 0.25) is 0 Å². The van der Waals surface area contributed by atoms with Gasteiger partial charge in [0.2, 0.25) is 0 Å². The molecule has 5 nitrogen and oxygen atoms in total. The molecule has 0 amide bonds. The minimum atomic E-state index is -2.02. The molecule has 0 heterocycles. The molecule has 1 rings (SSSR count). The SMILES string of the molecule is C=CC(=O)C1(C(=O)O)C=CCC(CC)C1C(=O)O. The van der Waals surface area contributed by atoms with Crippen molar-refractivity contribution in [3.63, 3.8) is 0 Å². The van der Waals surface area contributed by atoms with Crippen molar-refractivity contribution in [2.75, 3.05) is 0 Å². The smallest absolute Gasteiger partial charge is 0.322 e. The molecule has 0 aliphatic heterocycles.